The number of nitrogens with zero attached hydrogens (tertiary/aromatic N) is 5. The van der Waals surface area contributed by atoms with Gasteiger partial charge in [-0.1, -0.05) is 0 Å². The van der Waals surface area contributed by atoms with Crippen molar-refractivity contribution in [1.29, 1.82) is 5.26 Å². The van der Waals surface area contributed by atoms with E-state index in [0.717, 1.165) is 12.1 Å². The highest BCUT2D eigenvalue weighted by atomic mass is 19.4. The van der Waals surface area contributed by atoms with Crippen LogP contribution in [0.4, 0.5) is 18.9 Å². The van der Waals surface area contributed by atoms with Gasteiger partial charge in [0.25, 0.3) is 5.91 Å². The Morgan fingerprint density at radius 3 is 2.47 bits per heavy atom. The van der Waals surface area contributed by atoms with Crippen LogP contribution in [-0.4, -0.2) is 52.9 Å². The second kappa shape index (κ2) is 9.29. The van der Waals surface area contributed by atoms with Crippen molar-refractivity contribution in [2.75, 3.05) is 31.1 Å². The summed E-state index contributed by atoms with van der Waals surface area (Å²) in [5, 5.41) is 9.04. The first-order valence-electron chi connectivity index (χ1n) is 10.9. The number of likely N-dealkylation sites (tertiary alicyclic amines) is 1. The zero-order valence-electron chi connectivity index (χ0n) is 18.2. The number of benzene rings is 1. The number of carbonyl (C=O) groups is 2. The van der Waals surface area contributed by atoms with Crippen LogP contribution in [0.1, 0.15) is 34.5 Å². The Labute approximate surface area is 194 Å². The topological polar surface area (TPSA) is 116 Å². The second-order valence-corrected chi connectivity index (χ2v) is 8.64. The molecular formula is C23H23F3N6O2. The third-order valence-electron chi connectivity index (χ3n) is 6.76. The molecular weight excluding hydrogens is 449 g/mol. The van der Waals surface area contributed by atoms with Crippen LogP contribution in [0.5, 0.6) is 0 Å². The highest BCUT2D eigenvalue weighted by molar-refractivity contribution is 5.92. The predicted molar refractivity (Wildman–Crippen MR) is 115 cm³/mol. The lowest BCUT2D eigenvalue weighted by atomic mass is 9.78. The van der Waals surface area contributed by atoms with Gasteiger partial charge >= 0.3 is 6.18 Å². The van der Waals surface area contributed by atoms with Crippen LogP contribution in [0, 0.1) is 29.1 Å². The number of halogens is 3. The molecule has 2 N–H and O–H groups in total. The summed E-state index contributed by atoms with van der Waals surface area (Å²) in [6.07, 6.45) is -0.532. The van der Waals surface area contributed by atoms with Gasteiger partial charge in [0.05, 0.1) is 23.1 Å². The van der Waals surface area contributed by atoms with Crippen molar-refractivity contribution in [3.8, 4) is 6.07 Å². The predicted octanol–water partition coefficient (Wildman–Crippen LogP) is 2.46. The van der Waals surface area contributed by atoms with E-state index in [-0.39, 0.29) is 24.3 Å². The van der Waals surface area contributed by atoms with E-state index in [4.69, 9.17) is 11.0 Å². The third-order valence-corrected chi connectivity index (χ3v) is 6.76. The molecule has 3 heterocycles. The van der Waals surface area contributed by atoms with Gasteiger partial charge in [-0.3, -0.25) is 9.59 Å². The molecule has 2 amide bonds. The Morgan fingerprint density at radius 2 is 1.88 bits per heavy atom. The largest absolute Gasteiger partial charge is 0.417 e. The number of nitriles is 1. The highest BCUT2D eigenvalue weighted by Gasteiger charge is 2.43. The smallest absolute Gasteiger partial charge is 0.370 e. The molecule has 0 unspecified atom stereocenters. The van der Waals surface area contributed by atoms with E-state index in [1.807, 2.05) is 0 Å². The fourth-order valence-corrected chi connectivity index (χ4v) is 4.99. The molecule has 11 heteroatoms. The number of aromatic nitrogens is 2. The summed E-state index contributed by atoms with van der Waals surface area (Å²) >= 11 is 0. The van der Waals surface area contributed by atoms with Crippen LogP contribution in [0.3, 0.4) is 0 Å². The first kappa shape index (κ1) is 23.5. The summed E-state index contributed by atoms with van der Waals surface area (Å²) in [6, 6.07) is 6.72. The maximum Gasteiger partial charge on any atom is 0.417 e. The minimum Gasteiger partial charge on any atom is -0.370 e. The lowest BCUT2D eigenvalue weighted by Crippen LogP contribution is -2.42. The van der Waals surface area contributed by atoms with Gasteiger partial charge in [0.15, 0.2) is 0 Å². The summed E-state index contributed by atoms with van der Waals surface area (Å²) in [6.45, 7) is 1.57. The van der Waals surface area contributed by atoms with E-state index in [1.165, 1.54) is 18.6 Å². The number of alkyl halides is 3. The second-order valence-electron chi connectivity index (χ2n) is 8.64. The first-order valence-corrected chi connectivity index (χ1v) is 10.9. The van der Waals surface area contributed by atoms with Crippen LogP contribution in [0.25, 0.3) is 0 Å². The normalized spacial score (nSPS) is 21.4. The Morgan fingerprint density at radius 1 is 1.15 bits per heavy atom. The van der Waals surface area contributed by atoms with Crippen molar-refractivity contribution in [3.63, 3.8) is 0 Å². The zero-order valence-corrected chi connectivity index (χ0v) is 18.2. The zero-order chi connectivity index (χ0) is 24.5. The molecule has 0 aliphatic carbocycles. The average molecular weight is 472 g/mol. The van der Waals surface area contributed by atoms with Crippen LogP contribution < -0.4 is 10.6 Å². The number of hydrogen-bond acceptors (Lipinski definition) is 6. The maximum atomic E-state index is 13.4. The van der Waals surface area contributed by atoms with Crippen molar-refractivity contribution in [1.82, 2.24) is 14.9 Å². The van der Waals surface area contributed by atoms with E-state index in [1.54, 1.807) is 21.9 Å². The van der Waals surface area contributed by atoms with Gasteiger partial charge < -0.3 is 15.5 Å². The lowest BCUT2D eigenvalue weighted by molar-refractivity contribution is -0.137. The number of carbonyl (C=O) groups excluding carboxylic acids is 2. The molecule has 34 heavy (non-hydrogen) atoms. The number of piperidine rings is 1. The average Bonchev–Trinajstić information content (AvgIpc) is 3.29. The summed E-state index contributed by atoms with van der Waals surface area (Å²) < 4.78 is 40.2. The van der Waals surface area contributed by atoms with E-state index in [9.17, 15) is 22.8 Å². The fraction of sp³-hybridized carbons (Fsp3) is 0.435. The Kier molecular flexibility index (Phi) is 6.41. The molecule has 0 bridgehead atoms. The lowest BCUT2D eigenvalue weighted by Gasteiger charge is -2.36. The Bertz CT molecular complexity index is 1110. The monoisotopic (exact) mass is 472 g/mol. The molecule has 0 saturated carbocycles. The molecule has 2 aliphatic heterocycles. The van der Waals surface area contributed by atoms with Gasteiger partial charge in [0.2, 0.25) is 5.91 Å². The summed E-state index contributed by atoms with van der Waals surface area (Å²) in [5.74, 6) is -1.23. The molecule has 178 valence electrons. The van der Waals surface area contributed by atoms with Gasteiger partial charge in [-0.2, -0.15) is 18.4 Å². The summed E-state index contributed by atoms with van der Waals surface area (Å²) in [5.41, 5.74) is 4.84. The molecule has 0 radical (unpaired) electrons. The van der Waals surface area contributed by atoms with E-state index in [2.05, 4.69) is 9.97 Å². The summed E-state index contributed by atoms with van der Waals surface area (Å²) in [4.78, 5) is 36.1. The molecule has 2 aromatic rings. The Hall–Kier alpha value is -3.68. The number of rotatable bonds is 4. The van der Waals surface area contributed by atoms with Crippen molar-refractivity contribution in [3.05, 3.63) is 53.6 Å². The number of anilines is 1. The summed E-state index contributed by atoms with van der Waals surface area (Å²) in [7, 11) is 0. The minimum absolute atomic E-state index is 0.0948. The van der Waals surface area contributed by atoms with E-state index < -0.39 is 29.1 Å². The van der Waals surface area contributed by atoms with Crippen LogP contribution in [-0.2, 0) is 11.0 Å². The quantitative estimate of drug-likeness (QED) is 0.731. The molecule has 2 fully saturated rings. The molecule has 0 spiro atoms. The highest BCUT2D eigenvalue weighted by Crippen LogP contribution is 2.40. The van der Waals surface area contributed by atoms with Gasteiger partial charge in [-0.15, -0.1) is 0 Å². The molecule has 2 atom stereocenters. The van der Waals surface area contributed by atoms with Crippen LogP contribution >= 0.6 is 0 Å². The fourth-order valence-electron chi connectivity index (χ4n) is 4.99. The number of hydrogen-bond donors (Lipinski definition) is 1. The van der Waals surface area contributed by atoms with E-state index >= 15 is 0 Å². The van der Waals surface area contributed by atoms with E-state index in [0.29, 0.717) is 43.9 Å². The standard InChI is InChI=1S/C23H23F3N6O2/c24-23(25,26)19-9-16(2-1-15(19)10-27)32-11-17(18(12-32)21(28)33)14-4-7-31(8-5-14)22(34)20-3-6-29-13-30-20/h1-3,6,9,13-14,17-18H,4-5,7-8,11-12H2,(H2,28,33)/t17-,18+/m0/s1. The molecule has 2 aliphatic rings. The minimum atomic E-state index is -4.66. The molecule has 8 nitrogen and oxygen atoms in total. The van der Waals surface area contributed by atoms with Crippen molar-refractivity contribution >= 4 is 17.5 Å². The Balaban J connectivity index is 1.48. The maximum absolute atomic E-state index is 13.4. The molecule has 2 saturated heterocycles. The molecule has 1 aromatic carbocycles. The SMILES string of the molecule is N#Cc1ccc(N2C[C@@H](C(N)=O)[C@H](C3CCN(C(=O)c4ccncn4)CC3)C2)cc1C(F)(F)F. The molecule has 1 aromatic heterocycles. The van der Waals surface area contributed by atoms with Gasteiger partial charge in [0.1, 0.15) is 12.0 Å². The number of primary amides is 1. The van der Waals surface area contributed by atoms with Crippen molar-refractivity contribution in [2.24, 2.45) is 23.5 Å². The van der Waals surface area contributed by atoms with Crippen molar-refractivity contribution < 1.29 is 22.8 Å². The van der Waals surface area contributed by atoms with Crippen molar-refractivity contribution in [2.45, 2.75) is 19.0 Å². The van der Waals surface area contributed by atoms with Gasteiger partial charge in [0, 0.05) is 38.1 Å². The number of amides is 2. The third kappa shape index (κ3) is 4.66. The van der Waals surface area contributed by atoms with Crippen LogP contribution in [0.2, 0.25) is 0 Å². The van der Waals surface area contributed by atoms with Gasteiger partial charge in [-0.25, -0.2) is 9.97 Å². The first-order chi connectivity index (χ1) is 16.2. The number of nitrogens with two attached hydrogens (primary N) is 1. The van der Waals surface area contributed by atoms with Crippen LogP contribution in [0.15, 0.2) is 36.8 Å². The van der Waals surface area contributed by atoms with Gasteiger partial charge in [-0.05, 0) is 48.9 Å². The molecule has 4 rings (SSSR count).